The first-order chi connectivity index (χ1) is 8.65. The van der Waals surface area contributed by atoms with Gasteiger partial charge in [-0.1, -0.05) is 13.8 Å². The van der Waals surface area contributed by atoms with Crippen LogP contribution in [0.15, 0.2) is 12.1 Å². The predicted octanol–water partition coefficient (Wildman–Crippen LogP) is 2.64. The first-order valence-corrected chi connectivity index (χ1v) is 6.32. The van der Waals surface area contributed by atoms with E-state index < -0.39 is 0 Å². The summed E-state index contributed by atoms with van der Waals surface area (Å²) in [6.45, 7) is 7.20. The Balaban J connectivity index is 2.94. The molecule has 0 unspecified atom stereocenters. The molecule has 102 valence electrons. The summed E-state index contributed by atoms with van der Waals surface area (Å²) in [6, 6.07) is 3.71. The van der Waals surface area contributed by atoms with Gasteiger partial charge >= 0.3 is 0 Å². The second-order valence-corrected chi connectivity index (χ2v) is 4.22. The average molecular weight is 253 g/mol. The van der Waals surface area contributed by atoms with Gasteiger partial charge in [-0.05, 0) is 37.2 Å². The van der Waals surface area contributed by atoms with Crippen LogP contribution in [0.2, 0.25) is 0 Å². The molecule has 0 fully saturated rings. The van der Waals surface area contributed by atoms with E-state index in [0.29, 0.717) is 11.5 Å². The van der Waals surface area contributed by atoms with Gasteiger partial charge in [0.2, 0.25) is 5.75 Å². The van der Waals surface area contributed by atoms with Gasteiger partial charge in [0, 0.05) is 6.54 Å². The van der Waals surface area contributed by atoms with Crippen LogP contribution < -0.4 is 9.47 Å². The lowest BCUT2D eigenvalue weighted by molar-refractivity contribution is 0.278. The molecule has 0 heterocycles. The Bertz CT molecular complexity index is 354. The molecule has 0 aliphatic heterocycles. The number of ether oxygens (including phenoxy) is 2. The quantitative estimate of drug-likeness (QED) is 0.811. The predicted molar refractivity (Wildman–Crippen MR) is 72.5 cm³/mol. The number of rotatable bonds is 7. The van der Waals surface area contributed by atoms with Crippen molar-refractivity contribution in [2.24, 2.45) is 0 Å². The van der Waals surface area contributed by atoms with Crippen molar-refractivity contribution in [3.8, 4) is 17.2 Å². The molecule has 1 aromatic carbocycles. The topological polar surface area (TPSA) is 41.9 Å². The van der Waals surface area contributed by atoms with Gasteiger partial charge < -0.3 is 14.6 Å². The van der Waals surface area contributed by atoms with Crippen LogP contribution in [0.25, 0.3) is 0 Å². The Kier molecular flexibility index (Phi) is 5.78. The van der Waals surface area contributed by atoms with Crippen LogP contribution in [0.5, 0.6) is 17.2 Å². The third kappa shape index (κ3) is 3.53. The third-order valence-corrected chi connectivity index (χ3v) is 2.93. The standard InChI is InChI=1S/C14H23NO3/c1-5-7-15(6-2)10-11-8-12(17-3)14(16)13(9-11)18-4/h8-9,16H,5-7,10H2,1-4H3. The van der Waals surface area contributed by atoms with E-state index >= 15 is 0 Å². The molecule has 0 saturated heterocycles. The number of hydrogen-bond donors (Lipinski definition) is 1. The lowest BCUT2D eigenvalue weighted by Gasteiger charge is -2.20. The number of aromatic hydroxyl groups is 1. The minimum atomic E-state index is 0.0577. The summed E-state index contributed by atoms with van der Waals surface area (Å²) in [5, 5.41) is 9.84. The lowest BCUT2D eigenvalue weighted by Crippen LogP contribution is -2.23. The lowest BCUT2D eigenvalue weighted by atomic mass is 10.1. The Morgan fingerprint density at radius 1 is 1.11 bits per heavy atom. The summed E-state index contributed by atoms with van der Waals surface area (Å²) >= 11 is 0. The molecule has 0 amide bonds. The highest BCUT2D eigenvalue weighted by atomic mass is 16.5. The molecule has 0 atom stereocenters. The zero-order valence-electron chi connectivity index (χ0n) is 11.7. The molecule has 4 heteroatoms. The highest BCUT2D eigenvalue weighted by Crippen LogP contribution is 2.37. The number of phenolic OH excluding ortho intramolecular Hbond substituents is 1. The molecule has 0 aliphatic carbocycles. The molecule has 0 spiro atoms. The van der Waals surface area contributed by atoms with Crippen molar-refractivity contribution < 1.29 is 14.6 Å². The molecular formula is C14H23NO3. The van der Waals surface area contributed by atoms with E-state index in [1.54, 1.807) is 14.2 Å². The van der Waals surface area contributed by atoms with Gasteiger partial charge in [0.05, 0.1) is 14.2 Å². The van der Waals surface area contributed by atoms with Gasteiger partial charge in [0.25, 0.3) is 0 Å². The fraction of sp³-hybridized carbons (Fsp3) is 0.571. The second-order valence-electron chi connectivity index (χ2n) is 4.22. The molecule has 0 saturated carbocycles. The van der Waals surface area contributed by atoms with Crippen molar-refractivity contribution in [3.05, 3.63) is 17.7 Å². The zero-order valence-corrected chi connectivity index (χ0v) is 11.7. The summed E-state index contributed by atoms with van der Waals surface area (Å²) in [5.41, 5.74) is 1.08. The molecule has 1 aromatic rings. The van der Waals surface area contributed by atoms with Crippen LogP contribution in [0.3, 0.4) is 0 Å². The monoisotopic (exact) mass is 253 g/mol. The smallest absolute Gasteiger partial charge is 0.200 e. The van der Waals surface area contributed by atoms with E-state index in [4.69, 9.17) is 9.47 Å². The molecule has 4 nitrogen and oxygen atoms in total. The van der Waals surface area contributed by atoms with E-state index in [1.807, 2.05) is 12.1 Å². The SMILES string of the molecule is CCCN(CC)Cc1cc(OC)c(O)c(OC)c1. The Labute approximate surface area is 109 Å². The highest BCUT2D eigenvalue weighted by Gasteiger charge is 2.12. The Hall–Kier alpha value is -1.42. The highest BCUT2D eigenvalue weighted by molar-refractivity contribution is 5.52. The summed E-state index contributed by atoms with van der Waals surface area (Å²) in [7, 11) is 3.09. The van der Waals surface area contributed by atoms with E-state index in [9.17, 15) is 5.11 Å². The van der Waals surface area contributed by atoms with Gasteiger partial charge in [-0.25, -0.2) is 0 Å². The fourth-order valence-corrected chi connectivity index (χ4v) is 1.96. The number of nitrogens with zero attached hydrogens (tertiary/aromatic N) is 1. The van der Waals surface area contributed by atoms with Crippen LogP contribution in [0.4, 0.5) is 0 Å². The maximum absolute atomic E-state index is 9.84. The zero-order chi connectivity index (χ0) is 13.5. The molecule has 18 heavy (non-hydrogen) atoms. The first-order valence-electron chi connectivity index (χ1n) is 6.32. The van der Waals surface area contributed by atoms with E-state index in [1.165, 1.54) is 0 Å². The van der Waals surface area contributed by atoms with E-state index in [-0.39, 0.29) is 5.75 Å². The summed E-state index contributed by atoms with van der Waals surface area (Å²) < 4.78 is 10.3. The number of phenols is 1. The number of methoxy groups -OCH3 is 2. The maximum atomic E-state index is 9.84. The van der Waals surface area contributed by atoms with Crippen molar-refractivity contribution in [1.29, 1.82) is 0 Å². The average Bonchev–Trinajstić information content (AvgIpc) is 2.39. The van der Waals surface area contributed by atoms with Crippen molar-refractivity contribution in [3.63, 3.8) is 0 Å². The minimum absolute atomic E-state index is 0.0577. The van der Waals surface area contributed by atoms with Crippen LogP contribution in [0.1, 0.15) is 25.8 Å². The molecule has 0 aliphatic rings. The maximum Gasteiger partial charge on any atom is 0.200 e. The largest absolute Gasteiger partial charge is 0.502 e. The molecule has 1 rings (SSSR count). The fourth-order valence-electron chi connectivity index (χ4n) is 1.96. The summed E-state index contributed by atoms with van der Waals surface area (Å²) in [6.07, 6.45) is 1.13. The van der Waals surface area contributed by atoms with Crippen molar-refractivity contribution in [2.75, 3.05) is 27.3 Å². The van der Waals surface area contributed by atoms with Crippen molar-refractivity contribution >= 4 is 0 Å². The van der Waals surface area contributed by atoms with Gasteiger partial charge in [0.1, 0.15) is 0 Å². The number of hydrogen-bond acceptors (Lipinski definition) is 4. The second kappa shape index (κ2) is 7.11. The van der Waals surface area contributed by atoms with E-state index in [2.05, 4.69) is 18.7 Å². The molecule has 0 radical (unpaired) electrons. The molecular weight excluding hydrogens is 230 g/mol. The van der Waals surface area contributed by atoms with Crippen molar-refractivity contribution in [1.82, 2.24) is 4.90 Å². The van der Waals surface area contributed by atoms with Crippen LogP contribution in [-0.2, 0) is 6.54 Å². The molecule has 1 N–H and O–H groups in total. The van der Waals surface area contributed by atoms with Gasteiger partial charge in [0.15, 0.2) is 11.5 Å². The Morgan fingerprint density at radius 3 is 2.06 bits per heavy atom. The summed E-state index contributed by atoms with van der Waals surface area (Å²) in [4.78, 5) is 2.34. The minimum Gasteiger partial charge on any atom is -0.502 e. The third-order valence-electron chi connectivity index (χ3n) is 2.93. The van der Waals surface area contributed by atoms with Crippen LogP contribution in [-0.4, -0.2) is 37.3 Å². The number of benzene rings is 1. The van der Waals surface area contributed by atoms with Crippen molar-refractivity contribution in [2.45, 2.75) is 26.8 Å². The van der Waals surface area contributed by atoms with E-state index in [0.717, 1.165) is 31.6 Å². The molecule has 0 aromatic heterocycles. The van der Waals surface area contributed by atoms with Gasteiger partial charge in [-0.2, -0.15) is 0 Å². The van der Waals surface area contributed by atoms with Crippen LogP contribution >= 0.6 is 0 Å². The van der Waals surface area contributed by atoms with Crippen LogP contribution in [0, 0.1) is 0 Å². The molecule has 0 bridgehead atoms. The van der Waals surface area contributed by atoms with Gasteiger partial charge in [-0.15, -0.1) is 0 Å². The Morgan fingerprint density at radius 2 is 1.67 bits per heavy atom. The normalized spacial score (nSPS) is 10.7. The van der Waals surface area contributed by atoms with Gasteiger partial charge in [-0.3, -0.25) is 4.90 Å². The first kappa shape index (κ1) is 14.6. The summed E-state index contributed by atoms with van der Waals surface area (Å²) in [5.74, 6) is 0.969.